The van der Waals surface area contributed by atoms with Crippen molar-refractivity contribution in [3.05, 3.63) is 23.7 Å². The monoisotopic (exact) mass is 428 g/mol. The van der Waals surface area contributed by atoms with Crippen LogP contribution in [0.2, 0.25) is 0 Å². The number of hydrogen-bond donors (Lipinski definition) is 2. The summed E-state index contributed by atoms with van der Waals surface area (Å²) < 4.78 is 5.42. The molecule has 168 valence electrons. The minimum Gasteiger partial charge on any atom is -0.456 e. The van der Waals surface area contributed by atoms with E-state index in [4.69, 9.17) is 4.42 Å². The highest BCUT2D eigenvalue weighted by atomic mass is 16.3. The fourth-order valence-corrected chi connectivity index (χ4v) is 6.72. The minimum absolute atomic E-state index is 0.102. The van der Waals surface area contributed by atoms with Crippen LogP contribution in [0.15, 0.2) is 16.5 Å². The van der Waals surface area contributed by atoms with E-state index < -0.39 is 0 Å². The maximum atomic E-state index is 12.6. The minimum atomic E-state index is -0.353. The summed E-state index contributed by atoms with van der Waals surface area (Å²) in [6.07, 6.45) is 7.13. The summed E-state index contributed by atoms with van der Waals surface area (Å²) in [5.74, 6) is 2.88. The van der Waals surface area contributed by atoms with E-state index in [0.717, 1.165) is 37.0 Å². The number of amides is 4. The van der Waals surface area contributed by atoms with Gasteiger partial charge in [-0.25, -0.2) is 4.79 Å². The molecule has 5 aliphatic rings. The van der Waals surface area contributed by atoms with Crippen LogP contribution in [0.4, 0.5) is 4.79 Å². The van der Waals surface area contributed by atoms with Gasteiger partial charge in [-0.15, -0.1) is 0 Å². The van der Waals surface area contributed by atoms with E-state index in [0.29, 0.717) is 37.7 Å². The van der Waals surface area contributed by atoms with Crippen LogP contribution in [0.1, 0.15) is 54.8 Å². The first kappa shape index (κ1) is 20.5. The van der Waals surface area contributed by atoms with Crippen molar-refractivity contribution >= 4 is 17.8 Å². The van der Waals surface area contributed by atoms with E-state index in [9.17, 15) is 14.4 Å². The molecule has 5 fully saturated rings. The first-order chi connectivity index (χ1) is 14.9. The van der Waals surface area contributed by atoms with E-state index in [1.54, 1.807) is 17.0 Å². The van der Waals surface area contributed by atoms with Gasteiger partial charge >= 0.3 is 6.03 Å². The Kier molecular flexibility index (Phi) is 5.28. The van der Waals surface area contributed by atoms with Crippen LogP contribution in [0.5, 0.6) is 0 Å². The van der Waals surface area contributed by atoms with Crippen LogP contribution in [0.25, 0.3) is 0 Å². The smallest absolute Gasteiger partial charge is 0.321 e. The Morgan fingerprint density at radius 2 is 1.61 bits per heavy atom. The molecule has 6 rings (SSSR count). The molecule has 31 heavy (non-hydrogen) atoms. The highest BCUT2D eigenvalue weighted by Gasteiger charge is 2.51. The number of nitrogens with zero attached hydrogens (tertiary/aromatic N) is 2. The molecule has 8 heteroatoms. The van der Waals surface area contributed by atoms with Crippen LogP contribution in [0.3, 0.4) is 0 Å². The van der Waals surface area contributed by atoms with Crippen molar-refractivity contribution in [3.63, 3.8) is 0 Å². The molecule has 1 aliphatic heterocycles. The Morgan fingerprint density at radius 1 is 1.00 bits per heavy atom. The second kappa shape index (κ2) is 7.97. The number of rotatable bonds is 4. The standard InChI is InChI=1S/C23H32N4O4/c1-15-2-3-19(31-15)21(29)27-6-4-26(5-7-27)14-20(28)24-22(30)25-23-11-16-8-17(12-23)10-18(9-16)13-23/h2-3,16-18H,4-14H2,1H3,(H2,24,25,28,30). The fraction of sp³-hybridized carbons (Fsp3) is 0.696. The third-order valence-electron chi connectivity index (χ3n) is 7.65. The summed E-state index contributed by atoms with van der Waals surface area (Å²) in [7, 11) is 0. The van der Waals surface area contributed by atoms with Crippen LogP contribution >= 0.6 is 0 Å². The van der Waals surface area contributed by atoms with Crippen molar-refractivity contribution in [2.45, 2.75) is 51.0 Å². The largest absolute Gasteiger partial charge is 0.456 e. The van der Waals surface area contributed by atoms with Gasteiger partial charge in [0.25, 0.3) is 5.91 Å². The number of carbonyl (C=O) groups excluding carboxylic acids is 3. The Labute approximate surface area is 182 Å². The molecular formula is C23H32N4O4. The van der Waals surface area contributed by atoms with Gasteiger partial charge in [-0.3, -0.25) is 19.8 Å². The molecule has 0 aromatic carbocycles. The van der Waals surface area contributed by atoms with E-state index >= 15 is 0 Å². The molecule has 2 N–H and O–H groups in total. The van der Waals surface area contributed by atoms with E-state index in [-0.39, 0.29) is 29.9 Å². The molecule has 4 bridgehead atoms. The highest BCUT2D eigenvalue weighted by Crippen LogP contribution is 2.55. The second-order valence-electron chi connectivity index (χ2n) is 10.2. The molecule has 0 atom stereocenters. The van der Waals surface area contributed by atoms with Gasteiger partial charge in [0.15, 0.2) is 5.76 Å². The third kappa shape index (κ3) is 4.35. The molecule has 0 unspecified atom stereocenters. The van der Waals surface area contributed by atoms with E-state index in [1.807, 2.05) is 11.8 Å². The Bertz CT molecular complexity index is 835. The summed E-state index contributed by atoms with van der Waals surface area (Å²) in [6, 6.07) is 3.12. The molecular weight excluding hydrogens is 396 g/mol. The first-order valence-electron chi connectivity index (χ1n) is 11.6. The molecule has 4 amide bonds. The van der Waals surface area contributed by atoms with Crippen LogP contribution in [-0.4, -0.2) is 65.9 Å². The van der Waals surface area contributed by atoms with Gasteiger partial charge < -0.3 is 14.6 Å². The molecule has 8 nitrogen and oxygen atoms in total. The lowest BCUT2D eigenvalue weighted by Gasteiger charge is -2.56. The molecule has 1 aromatic rings. The number of imide groups is 1. The number of aryl methyl sites for hydroxylation is 1. The molecule has 4 aliphatic carbocycles. The fourth-order valence-electron chi connectivity index (χ4n) is 6.72. The predicted molar refractivity (Wildman–Crippen MR) is 113 cm³/mol. The van der Waals surface area contributed by atoms with E-state index in [1.165, 1.54) is 19.3 Å². The summed E-state index contributed by atoms with van der Waals surface area (Å²) in [5.41, 5.74) is -0.102. The third-order valence-corrected chi connectivity index (χ3v) is 7.65. The number of furan rings is 1. The molecule has 4 saturated carbocycles. The number of carbonyl (C=O) groups is 3. The lowest BCUT2D eigenvalue weighted by molar-refractivity contribution is -0.121. The van der Waals surface area contributed by atoms with E-state index in [2.05, 4.69) is 10.6 Å². The average Bonchev–Trinajstić information content (AvgIpc) is 3.12. The van der Waals surface area contributed by atoms with Crippen molar-refractivity contribution in [2.24, 2.45) is 17.8 Å². The lowest BCUT2D eigenvalue weighted by atomic mass is 9.53. The summed E-state index contributed by atoms with van der Waals surface area (Å²) in [5, 5.41) is 5.72. The predicted octanol–water partition coefficient (Wildman–Crippen LogP) is 2.14. The van der Waals surface area contributed by atoms with Crippen LogP contribution in [-0.2, 0) is 4.79 Å². The van der Waals surface area contributed by atoms with Gasteiger partial charge in [0, 0.05) is 31.7 Å². The van der Waals surface area contributed by atoms with Crippen LogP contribution < -0.4 is 10.6 Å². The summed E-state index contributed by atoms with van der Waals surface area (Å²) in [6.45, 7) is 4.23. The van der Waals surface area contributed by atoms with Gasteiger partial charge in [-0.05, 0) is 75.3 Å². The van der Waals surface area contributed by atoms with Crippen molar-refractivity contribution in [1.29, 1.82) is 0 Å². The zero-order valence-electron chi connectivity index (χ0n) is 18.2. The molecule has 2 heterocycles. The zero-order chi connectivity index (χ0) is 21.6. The molecule has 1 aromatic heterocycles. The maximum absolute atomic E-state index is 12.6. The van der Waals surface area contributed by atoms with Gasteiger partial charge in [-0.2, -0.15) is 0 Å². The second-order valence-corrected chi connectivity index (χ2v) is 10.2. The average molecular weight is 429 g/mol. The van der Waals surface area contributed by atoms with Gasteiger partial charge in [0.05, 0.1) is 6.54 Å². The maximum Gasteiger partial charge on any atom is 0.321 e. The summed E-state index contributed by atoms with van der Waals surface area (Å²) in [4.78, 5) is 41.2. The quantitative estimate of drug-likeness (QED) is 0.766. The number of piperazine rings is 1. The lowest BCUT2D eigenvalue weighted by Crippen LogP contribution is -2.62. The van der Waals surface area contributed by atoms with Crippen LogP contribution in [0, 0.1) is 24.7 Å². The topological polar surface area (TPSA) is 94.9 Å². The van der Waals surface area contributed by atoms with Crippen molar-refractivity contribution in [3.8, 4) is 0 Å². The Hall–Kier alpha value is -2.35. The summed E-state index contributed by atoms with van der Waals surface area (Å²) >= 11 is 0. The highest BCUT2D eigenvalue weighted by molar-refractivity contribution is 5.95. The van der Waals surface area contributed by atoms with Crippen molar-refractivity contribution in [2.75, 3.05) is 32.7 Å². The number of hydrogen-bond acceptors (Lipinski definition) is 5. The first-order valence-corrected chi connectivity index (χ1v) is 11.6. The SMILES string of the molecule is Cc1ccc(C(=O)N2CCN(CC(=O)NC(=O)NC34CC5CC(CC(C5)C3)C4)CC2)o1. The molecule has 0 spiro atoms. The van der Waals surface area contributed by atoms with Crippen molar-refractivity contribution < 1.29 is 18.8 Å². The normalized spacial score (nSPS) is 32.2. The zero-order valence-corrected chi connectivity index (χ0v) is 18.2. The molecule has 0 radical (unpaired) electrons. The van der Waals surface area contributed by atoms with Gasteiger partial charge in [-0.1, -0.05) is 0 Å². The number of urea groups is 1. The molecule has 1 saturated heterocycles. The van der Waals surface area contributed by atoms with Crippen molar-refractivity contribution in [1.82, 2.24) is 20.4 Å². The Morgan fingerprint density at radius 3 is 2.16 bits per heavy atom. The van der Waals surface area contributed by atoms with Gasteiger partial charge in [0.1, 0.15) is 5.76 Å². The number of nitrogens with one attached hydrogen (secondary N) is 2. The van der Waals surface area contributed by atoms with Gasteiger partial charge in [0.2, 0.25) is 5.91 Å². The Balaban J connectivity index is 1.07.